The lowest BCUT2D eigenvalue weighted by Crippen LogP contribution is -2.20. The van der Waals surface area contributed by atoms with Crippen molar-refractivity contribution in [1.82, 2.24) is 5.43 Å². The van der Waals surface area contributed by atoms with Crippen LogP contribution in [0.2, 0.25) is 5.02 Å². The van der Waals surface area contributed by atoms with E-state index >= 15 is 0 Å². The molecule has 0 spiro atoms. The molecule has 0 saturated carbocycles. The minimum absolute atomic E-state index is 0.211. The Balaban J connectivity index is 1.61. The number of hydrazone groups is 1. The predicted octanol–water partition coefficient (Wildman–Crippen LogP) is 4.54. The zero-order valence-corrected chi connectivity index (χ0v) is 20.8. The summed E-state index contributed by atoms with van der Waals surface area (Å²) in [5.74, 6) is 1.05. The standard InChI is InChI=1S/C26H26ClN3O6/c1-4-35-24-13-17(15-28-30-26(32)18-6-12-21(33-2)23(14-18)34-3)5-11-22(24)36-16-25(31)29-20-9-7-19(27)8-10-20/h5-15H,4,16H2,1-3H3,(H,29,31)(H,30,32)/b28-15+. The van der Waals surface area contributed by atoms with E-state index in [4.69, 9.17) is 30.5 Å². The summed E-state index contributed by atoms with van der Waals surface area (Å²) in [4.78, 5) is 24.6. The minimum atomic E-state index is -0.413. The van der Waals surface area contributed by atoms with Crippen molar-refractivity contribution in [2.24, 2.45) is 5.10 Å². The lowest BCUT2D eigenvalue weighted by molar-refractivity contribution is -0.118. The molecule has 3 rings (SSSR count). The number of ether oxygens (including phenoxy) is 4. The topological polar surface area (TPSA) is 107 Å². The van der Waals surface area contributed by atoms with Crippen LogP contribution in [0.25, 0.3) is 0 Å². The van der Waals surface area contributed by atoms with Crippen LogP contribution in [0.4, 0.5) is 5.69 Å². The molecule has 188 valence electrons. The first kappa shape index (κ1) is 26.4. The number of rotatable bonds is 11. The molecule has 0 fully saturated rings. The zero-order valence-electron chi connectivity index (χ0n) is 20.0. The van der Waals surface area contributed by atoms with Crippen LogP contribution >= 0.6 is 11.6 Å². The molecule has 0 aliphatic rings. The van der Waals surface area contributed by atoms with Crippen LogP contribution in [0.5, 0.6) is 23.0 Å². The maximum atomic E-state index is 12.4. The molecule has 2 N–H and O–H groups in total. The van der Waals surface area contributed by atoms with Gasteiger partial charge in [0.2, 0.25) is 0 Å². The van der Waals surface area contributed by atoms with Gasteiger partial charge in [0, 0.05) is 16.3 Å². The van der Waals surface area contributed by atoms with Crippen LogP contribution in [0.1, 0.15) is 22.8 Å². The van der Waals surface area contributed by atoms with Gasteiger partial charge in [-0.25, -0.2) is 5.43 Å². The number of carbonyl (C=O) groups is 2. The van der Waals surface area contributed by atoms with E-state index in [1.54, 1.807) is 60.7 Å². The van der Waals surface area contributed by atoms with E-state index in [2.05, 4.69) is 15.8 Å². The highest BCUT2D eigenvalue weighted by Gasteiger charge is 2.11. The highest BCUT2D eigenvalue weighted by Crippen LogP contribution is 2.29. The fourth-order valence-corrected chi connectivity index (χ4v) is 3.20. The van der Waals surface area contributed by atoms with Crippen LogP contribution in [-0.4, -0.2) is 45.5 Å². The summed E-state index contributed by atoms with van der Waals surface area (Å²) in [6.07, 6.45) is 1.47. The maximum Gasteiger partial charge on any atom is 0.271 e. The first-order chi connectivity index (χ1) is 17.4. The summed E-state index contributed by atoms with van der Waals surface area (Å²) in [5.41, 5.74) is 4.10. The summed E-state index contributed by atoms with van der Waals surface area (Å²) in [6.45, 7) is 2.02. The van der Waals surface area contributed by atoms with E-state index in [0.717, 1.165) is 0 Å². The van der Waals surface area contributed by atoms with Crippen molar-refractivity contribution in [3.05, 3.63) is 76.8 Å². The fraction of sp³-hybridized carbons (Fsp3) is 0.192. The average molecular weight is 512 g/mol. The van der Waals surface area contributed by atoms with E-state index < -0.39 is 5.91 Å². The molecule has 0 heterocycles. The molecule has 2 amide bonds. The van der Waals surface area contributed by atoms with E-state index in [1.165, 1.54) is 20.4 Å². The molecule has 0 aliphatic carbocycles. The Morgan fingerprint density at radius 3 is 2.31 bits per heavy atom. The number of nitrogens with one attached hydrogen (secondary N) is 2. The Morgan fingerprint density at radius 2 is 1.61 bits per heavy atom. The van der Waals surface area contributed by atoms with Gasteiger partial charge >= 0.3 is 0 Å². The van der Waals surface area contributed by atoms with E-state index in [1.807, 2.05) is 6.92 Å². The van der Waals surface area contributed by atoms with Crippen molar-refractivity contribution < 1.29 is 28.5 Å². The molecule has 0 bridgehead atoms. The monoisotopic (exact) mass is 511 g/mol. The molecule has 0 aromatic heterocycles. The van der Waals surface area contributed by atoms with Crippen molar-refractivity contribution in [2.75, 3.05) is 32.8 Å². The largest absolute Gasteiger partial charge is 0.493 e. The third-order valence-electron chi connectivity index (χ3n) is 4.78. The normalized spacial score (nSPS) is 10.6. The van der Waals surface area contributed by atoms with E-state index in [9.17, 15) is 9.59 Å². The Kier molecular flexibility index (Phi) is 9.53. The Bertz CT molecular complexity index is 1230. The fourth-order valence-electron chi connectivity index (χ4n) is 3.07. The number of anilines is 1. The summed E-state index contributed by atoms with van der Waals surface area (Å²) in [6, 6.07) is 16.7. The number of amides is 2. The molecule has 0 radical (unpaired) electrons. The Morgan fingerprint density at radius 1 is 0.889 bits per heavy atom. The maximum absolute atomic E-state index is 12.4. The third-order valence-corrected chi connectivity index (χ3v) is 5.03. The molecular weight excluding hydrogens is 486 g/mol. The summed E-state index contributed by atoms with van der Waals surface area (Å²) < 4.78 is 21.7. The van der Waals surface area contributed by atoms with E-state index in [0.29, 0.717) is 51.4 Å². The molecule has 0 saturated heterocycles. The number of carbonyl (C=O) groups excluding carboxylic acids is 2. The summed E-state index contributed by atoms with van der Waals surface area (Å²) in [5, 5.41) is 7.31. The second kappa shape index (κ2) is 13.0. The predicted molar refractivity (Wildman–Crippen MR) is 138 cm³/mol. The van der Waals surface area contributed by atoms with Crippen molar-refractivity contribution in [3.8, 4) is 23.0 Å². The van der Waals surface area contributed by atoms with Crippen molar-refractivity contribution >= 4 is 35.3 Å². The molecule has 0 atom stereocenters. The van der Waals surface area contributed by atoms with Crippen LogP contribution in [-0.2, 0) is 4.79 Å². The molecule has 0 aliphatic heterocycles. The Labute approximate surface area is 214 Å². The number of halogens is 1. The number of methoxy groups -OCH3 is 2. The summed E-state index contributed by atoms with van der Waals surface area (Å²) in [7, 11) is 3.01. The second-order valence-electron chi connectivity index (χ2n) is 7.25. The lowest BCUT2D eigenvalue weighted by Gasteiger charge is -2.12. The number of benzene rings is 3. The van der Waals surface area contributed by atoms with Gasteiger partial charge in [0.1, 0.15) is 0 Å². The molecule has 3 aromatic carbocycles. The summed E-state index contributed by atoms with van der Waals surface area (Å²) >= 11 is 5.86. The number of hydrogen-bond donors (Lipinski definition) is 2. The number of nitrogens with zero attached hydrogens (tertiary/aromatic N) is 1. The van der Waals surface area contributed by atoms with Gasteiger partial charge < -0.3 is 24.3 Å². The van der Waals surface area contributed by atoms with Crippen LogP contribution in [0.15, 0.2) is 65.8 Å². The van der Waals surface area contributed by atoms with Gasteiger partial charge in [0.05, 0.1) is 27.0 Å². The SMILES string of the molecule is CCOc1cc(/C=N/NC(=O)c2ccc(OC)c(OC)c2)ccc1OCC(=O)Nc1ccc(Cl)cc1. The zero-order chi connectivity index (χ0) is 25.9. The van der Waals surface area contributed by atoms with Gasteiger partial charge in [0.15, 0.2) is 29.6 Å². The Hall–Kier alpha value is -4.24. The van der Waals surface area contributed by atoms with Gasteiger partial charge in [-0.2, -0.15) is 5.10 Å². The first-order valence-corrected chi connectivity index (χ1v) is 11.3. The van der Waals surface area contributed by atoms with Gasteiger partial charge in [0.25, 0.3) is 11.8 Å². The van der Waals surface area contributed by atoms with Gasteiger partial charge in [-0.3, -0.25) is 9.59 Å². The number of hydrogen-bond acceptors (Lipinski definition) is 7. The third kappa shape index (κ3) is 7.38. The van der Waals surface area contributed by atoms with Gasteiger partial charge in [-0.1, -0.05) is 11.6 Å². The van der Waals surface area contributed by atoms with E-state index in [-0.39, 0.29) is 12.5 Å². The van der Waals surface area contributed by atoms with Crippen LogP contribution in [0.3, 0.4) is 0 Å². The molecule has 36 heavy (non-hydrogen) atoms. The molecule has 0 unspecified atom stereocenters. The van der Waals surface area contributed by atoms with Gasteiger partial charge in [-0.05, 0) is 73.2 Å². The van der Waals surface area contributed by atoms with Crippen molar-refractivity contribution in [3.63, 3.8) is 0 Å². The smallest absolute Gasteiger partial charge is 0.271 e. The van der Waals surface area contributed by atoms with Crippen molar-refractivity contribution in [2.45, 2.75) is 6.92 Å². The highest BCUT2D eigenvalue weighted by atomic mass is 35.5. The molecular formula is C26H26ClN3O6. The van der Waals surface area contributed by atoms with Gasteiger partial charge in [-0.15, -0.1) is 0 Å². The minimum Gasteiger partial charge on any atom is -0.493 e. The highest BCUT2D eigenvalue weighted by molar-refractivity contribution is 6.30. The molecule has 3 aromatic rings. The quantitative estimate of drug-likeness (QED) is 0.289. The van der Waals surface area contributed by atoms with Crippen LogP contribution < -0.4 is 29.7 Å². The average Bonchev–Trinajstić information content (AvgIpc) is 2.89. The molecule has 9 nitrogen and oxygen atoms in total. The second-order valence-corrected chi connectivity index (χ2v) is 7.69. The molecule has 10 heteroatoms. The van der Waals surface area contributed by atoms with Crippen LogP contribution in [0, 0.1) is 0 Å². The first-order valence-electron chi connectivity index (χ1n) is 10.9. The lowest BCUT2D eigenvalue weighted by atomic mass is 10.2. The van der Waals surface area contributed by atoms with Crippen molar-refractivity contribution in [1.29, 1.82) is 0 Å².